The first-order valence-corrected chi connectivity index (χ1v) is 10.7. The summed E-state index contributed by atoms with van der Waals surface area (Å²) in [6.07, 6.45) is 10.9. The molecule has 0 amide bonds. The smallest absolute Gasteiger partial charge is 0.195 e. The summed E-state index contributed by atoms with van der Waals surface area (Å²) in [6, 6.07) is 3.86. The number of hydrogen-bond acceptors (Lipinski definition) is 0. The Bertz CT molecular complexity index is 844. The molecule has 0 saturated heterocycles. The van der Waals surface area contributed by atoms with Gasteiger partial charge >= 0.3 is 0 Å². The third kappa shape index (κ3) is 3.67. The molecule has 4 heteroatoms. The van der Waals surface area contributed by atoms with Gasteiger partial charge in [0.2, 0.25) is 0 Å². The summed E-state index contributed by atoms with van der Waals surface area (Å²) >= 11 is 0. The fraction of sp³-hybridized carbons (Fsp3) is 0.583. The molecule has 0 spiro atoms. The zero-order valence-corrected chi connectivity index (χ0v) is 16.4. The Labute approximate surface area is 164 Å². The monoisotopic (exact) mass is 392 g/mol. The zero-order chi connectivity index (χ0) is 19.8. The summed E-state index contributed by atoms with van der Waals surface area (Å²) < 4.78 is 55.5. The molecule has 0 aromatic heterocycles. The molecule has 2 fully saturated rings. The van der Waals surface area contributed by atoms with Crippen molar-refractivity contribution in [2.75, 3.05) is 0 Å². The van der Waals surface area contributed by atoms with Crippen molar-refractivity contribution < 1.29 is 17.6 Å². The van der Waals surface area contributed by atoms with Crippen LogP contribution in [0.2, 0.25) is 0 Å². The number of fused-ring (bicyclic) bond motifs is 1. The van der Waals surface area contributed by atoms with E-state index in [2.05, 4.69) is 6.92 Å². The van der Waals surface area contributed by atoms with Crippen LogP contribution in [0.1, 0.15) is 76.2 Å². The van der Waals surface area contributed by atoms with E-state index in [-0.39, 0.29) is 11.3 Å². The average molecular weight is 392 g/mol. The summed E-state index contributed by atoms with van der Waals surface area (Å²) in [7, 11) is 0. The fourth-order valence-corrected chi connectivity index (χ4v) is 5.64. The van der Waals surface area contributed by atoms with Gasteiger partial charge in [-0.2, -0.15) is 0 Å². The first-order chi connectivity index (χ1) is 13.5. The van der Waals surface area contributed by atoms with Crippen LogP contribution in [0.25, 0.3) is 10.8 Å². The molecule has 2 saturated carbocycles. The van der Waals surface area contributed by atoms with Gasteiger partial charge in [-0.15, -0.1) is 0 Å². The molecule has 0 bridgehead atoms. The molecular formula is C24H28F4. The minimum absolute atomic E-state index is 0.103. The number of hydrogen-bond donors (Lipinski definition) is 0. The minimum Gasteiger partial charge on any atom is -0.206 e. The van der Waals surface area contributed by atoms with Gasteiger partial charge in [0.15, 0.2) is 17.5 Å². The number of benzene rings is 2. The SMILES string of the molecule is CCC1CCC(C2CCC(c3cc(F)c4c(F)c(F)c(F)cc4c3)CC2)CC1. The molecule has 2 aliphatic rings. The second-order valence-electron chi connectivity index (χ2n) is 8.89. The molecule has 28 heavy (non-hydrogen) atoms. The second-order valence-corrected chi connectivity index (χ2v) is 8.89. The summed E-state index contributed by atoms with van der Waals surface area (Å²) in [5.41, 5.74) is 0.781. The molecule has 4 rings (SSSR count). The van der Waals surface area contributed by atoms with Crippen LogP contribution in [0.4, 0.5) is 17.6 Å². The molecule has 2 aliphatic carbocycles. The van der Waals surface area contributed by atoms with Crippen molar-refractivity contribution in [2.24, 2.45) is 17.8 Å². The van der Waals surface area contributed by atoms with Gasteiger partial charge in [0.05, 0.1) is 5.39 Å². The Morgan fingerprint density at radius 1 is 0.714 bits per heavy atom. The van der Waals surface area contributed by atoms with Crippen LogP contribution in [-0.2, 0) is 0 Å². The molecule has 152 valence electrons. The largest absolute Gasteiger partial charge is 0.206 e. The van der Waals surface area contributed by atoms with Gasteiger partial charge in [0.25, 0.3) is 0 Å². The van der Waals surface area contributed by atoms with E-state index in [9.17, 15) is 17.6 Å². The van der Waals surface area contributed by atoms with Crippen LogP contribution in [-0.4, -0.2) is 0 Å². The molecule has 0 radical (unpaired) electrons. The van der Waals surface area contributed by atoms with Crippen molar-refractivity contribution in [1.82, 2.24) is 0 Å². The van der Waals surface area contributed by atoms with Crippen LogP contribution in [0.15, 0.2) is 18.2 Å². The van der Waals surface area contributed by atoms with E-state index in [1.165, 1.54) is 38.2 Å². The van der Waals surface area contributed by atoms with Crippen molar-refractivity contribution in [3.05, 3.63) is 47.0 Å². The molecule has 0 heterocycles. The van der Waals surface area contributed by atoms with Gasteiger partial charge in [0, 0.05) is 0 Å². The first kappa shape index (κ1) is 19.7. The van der Waals surface area contributed by atoms with Crippen molar-refractivity contribution in [1.29, 1.82) is 0 Å². The summed E-state index contributed by atoms with van der Waals surface area (Å²) in [5.74, 6) is -2.44. The highest BCUT2D eigenvalue weighted by atomic mass is 19.2. The number of rotatable bonds is 3. The maximum atomic E-state index is 14.5. The van der Waals surface area contributed by atoms with E-state index in [0.29, 0.717) is 0 Å². The Hall–Kier alpha value is -1.58. The third-order valence-electron chi connectivity index (χ3n) is 7.43. The molecule has 0 nitrogen and oxygen atoms in total. The van der Waals surface area contributed by atoms with Crippen LogP contribution >= 0.6 is 0 Å². The highest BCUT2D eigenvalue weighted by Gasteiger charge is 2.31. The lowest BCUT2D eigenvalue weighted by Crippen LogP contribution is -2.25. The Morgan fingerprint density at radius 2 is 1.32 bits per heavy atom. The summed E-state index contributed by atoms with van der Waals surface area (Å²) in [5, 5.41) is -0.351. The van der Waals surface area contributed by atoms with E-state index in [0.717, 1.165) is 55.1 Å². The maximum Gasteiger partial charge on any atom is 0.195 e. The lowest BCUT2D eigenvalue weighted by Gasteiger charge is -2.38. The van der Waals surface area contributed by atoms with Gasteiger partial charge in [-0.1, -0.05) is 32.3 Å². The predicted molar refractivity (Wildman–Crippen MR) is 104 cm³/mol. The van der Waals surface area contributed by atoms with Crippen LogP contribution in [0, 0.1) is 41.0 Å². The molecular weight excluding hydrogens is 364 g/mol. The third-order valence-corrected chi connectivity index (χ3v) is 7.43. The van der Waals surface area contributed by atoms with E-state index < -0.39 is 28.7 Å². The predicted octanol–water partition coefficient (Wildman–Crippen LogP) is 7.89. The van der Waals surface area contributed by atoms with Gasteiger partial charge < -0.3 is 0 Å². The van der Waals surface area contributed by atoms with E-state index >= 15 is 0 Å². The fourth-order valence-electron chi connectivity index (χ4n) is 5.64. The van der Waals surface area contributed by atoms with Gasteiger partial charge in [-0.25, -0.2) is 17.6 Å². The zero-order valence-electron chi connectivity index (χ0n) is 16.4. The molecule has 0 atom stereocenters. The lowest BCUT2D eigenvalue weighted by molar-refractivity contribution is 0.158. The van der Waals surface area contributed by atoms with Crippen molar-refractivity contribution in [3.63, 3.8) is 0 Å². The molecule has 2 aromatic rings. The molecule has 0 N–H and O–H groups in total. The summed E-state index contributed by atoms with van der Waals surface area (Å²) in [4.78, 5) is 0. The normalized spacial score (nSPS) is 28.6. The Kier molecular flexibility index (Phi) is 5.66. The second kappa shape index (κ2) is 8.04. The van der Waals surface area contributed by atoms with Crippen molar-refractivity contribution >= 4 is 10.8 Å². The van der Waals surface area contributed by atoms with Gasteiger partial charge in [0.1, 0.15) is 5.82 Å². The average Bonchev–Trinajstić information content (AvgIpc) is 2.72. The lowest BCUT2D eigenvalue weighted by atomic mass is 9.68. The van der Waals surface area contributed by atoms with E-state index in [4.69, 9.17) is 0 Å². The highest BCUT2D eigenvalue weighted by molar-refractivity contribution is 5.84. The molecule has 2 aromatic carbocycles. The van der Waals surface area contributed by atoms with Crippen molar-refractivity contribution in [2.45, 2.75) is 70.6 Å². The van der Waals surface area contributed by atoms with Gasteiger partial charge in [-0.3, -0.25) is 0 Å². The maximum absolute atomic E-state index is 14.5. The first-order valence-electron chi connectivity index (χ1n) is 10.7. The van der Waals surface area contributed by atoms with E-state index in [1.807, 2.05) is 0 Å². The summed E-state index contributed by atoms with van der Waals surface area (Å²) in [6.45, 7) is 2.28. The minimum atomic E-state index is -1.61. The van der Waals surface area contributed by atoms with E-state index in [1.54, 1.807) is 6.07 Å². The molecule has 0 unspecified atom stereocenters. The Morgan fingerprint density at radius 3 is 1.93 bits per heavy atom. The number of halogens is 4. The van der Waals surface area contributed by atoms with Crippen LogP contribution in [0.3, 0.4) is 0 Å². The molecule has 0 aliphatic heterocycles. The van der Waals surface area contributed by atoms with Crippen LogP contribution < -0.4 is 0 Å². The van der Waals surface area contributed by atoms with Crippen molar-refractivity contribution in [3.8, 4) is 0 Å². The van der Waals surface area contributed by atoms with Gasteiger partial charge in [-0.05, 0) is 85.3 Å². The highest BCUT2D eigenvalue weighted by Crippen LogP contribution is 2.45. The topological polar surface area (TPSA) is 0 Å². The Balaban J connectivity index is 1.48. The standard InChI is InChI=1S/C24H28F4/c1-2-14-3-5-15(6-4-14)16-7-9-17(10-8-16)18-11-19-13-21(26)23(27)24(28)22(19)20(25)12-18/h11-17H,2-10H2,1H3. The van der Waals surface area contributed by atoms with Crippen LogP contribution in [0.5, 0.6) is 0 Å². The quantitative estimate of drug-likeness (QED) is 0.368.